The Bertz CT molecular complexity index is 2140. The molecule has 0 unspecified atom stereocenters. The molecule has 41 heavy (non-hydrogen) atoms. The van der Waals surface area contributed by atoms with Gasteiger partial charge in [-0.2, -0.15) is 0 Å². The molecule has 0 bridgehead atoms. The Morgan fingerprint density at radius 3 is 1.66 bits per heavy atom. The summed E-state index contributed by atoms with van der Waals surface area (Å²) in [5.41, 5.74) is 5.21. The summed E-state index contributed by atoms with van der Waals surface area (Å²) in [7, 11) is 0. The molecular weight excluding hydrogens is 518 g/mol. The number of nitrogens with zero attached hydrogens (tertiary/aromatic N) is 3. The highest BCUT2D eigenvalue weighted by Crippen LogP contribution is 2.41. The van der Waals surface area contributed by atoms with Gasteiger partial charge in [0.1, 0.15) is 0 Å². The van der Waals surface area contributed by atoms with Crippen LogP contribution in [0.1, 0.15) is 0 Å². The van der Waals surface area contributed by atoms with Gasteiger partial charge in [-0.3, -0.25) is 0 Å². The highest BCUT2D eigenvalue weighted by molar-refractivity contribution is 7.26. The molecular formula is C37H23N3S. The Morgan fingerprint density at radius 1 is 0.366 bits per heavy atom. The molecule has 4 heteroatoms. The van der Waals surface area contributed by atoms with Gasteiger partial charge in [0, 0.05) is 36.9 Å². The van der Waals surface area contributed by atoms with E-state index in [0.717, 1.165) is 22.3 Å². The molecule has 6 aromatic carbocycles. The molecule has 0 saturated carbocycles. The van der Waals surface area contributed by atoms with E-state index in [0.29, 0.717) is 17.5 Å². The Balaban J connectivity index is 1.30. The maximum atomic E-state index is 4.94. The molecule has 0 fully saturated rings. The topological polar surface area (TPSA) is 38.7 Å². The first-order valence-electron chi connectivity index (χ1n) is 13.6. The molecule has 0 atom stereocenters. The van der Waals surface area contributed by atoms with E-state index in [2.05, 4.69) is 78.9 Å². The summed E-state index contributed by atoms with van der Waals surface area (Å²) in [6.07, 6.45) is 0. The molecule has 2 heterocycles. The number of aromatic nitrogens is 3. The lowest BCUT2D eigenvalue weighted by Gasteiger charge is -2.11. The molecule has 2 aromatic heterocycles. The van der Waals surface area contributed by atoms with Crippen LogP contribution in [0.15, 0.2) is 140 Å². The molecule has 0 aliphatic rings. The van der Waals surface area contributed by atoms with E-state index in [1.165, 1.54) is 36.5 Å². The van der Waals surface area contributed by atoms with Crippen molar-refractivity contribution in [2.45, 2.75) is 0 Å². The predicted octanol–water partition coefficient (Wildman–Crippen LogP) is 10.1. The van der Waals surface area contributed by atoms with Crippen molar-refractivity contribution in [2.75, 3.05) is 0 Å². The number of fused-ring (bicyclic) bond motifs is 5. The smallest absolute Gasteiger partial charge is 0.164 e. The number of rotatable bonds is 4. The molecule has 0 amide bonds. The van der Waals surface area contributed by atoms with Gasteiger partial charge in [-0.25, -0.2) is 15.0 Å². The van der Waals surface area contributed by atoms with Crippen LogP contribution in [-0.4, -0.2) is 15.0 Å². The van der Waals surface area contributed by atoms with Crippen LogP contribution in [0.3, 0.4) is 0 Å². The summed E-state index contributed by atoms with van der Waals surface area (Å²) in [5.74, 6) is 1.99. The van der Waals surface area contributed by atoms with Gasteiger partial charge in [-0.15, -0.1) is 11.3 Å². The molecule has 8 rings (SSSR count). The van der Waals surface area contributed by atoms with E-state index >= 15 is 0 Å². The highest BCUT2D eigenvalue weighted by atomic mass is 32.1. The number of hydrogen-bond acceptors (Lipinski definition) is 4. The minimum atomic E-state index is 0.658. The second kappa shape index (κ2) is 9.77. The summed E-state index contributed by atoms with van der Waals surface area (Å²) in [6, 6.07) is 48.6. The Labute approximate surface area is 241 Å². The third-order valence-electron chi connectivity index (χ3n) is 7.53. The predicted molar refractivity (Wildman–Crippen MR) is 172 cm³/mol. The van der Waals surface area contributed by atoms with Crippen LogP contribution in [0.2, 0.25) is 0 Å². The van der Waals surface area contributed by atoms with Gasteiger partial charge >= 0.3 is 0 Å². The first-order chi connectivity index (χ1) is 20.3. The van der Waals surface area contributed by atoms with Crippen LogP contribution in [0.25, 0.3) is 76.2 Å². The molecule has 192 valence electrons. The standard InChI is InChI=1S/C37H23N3S/c1-3-11-24(12-4-1)35-38-36(25-13-5-2-6-14-25)40-37(39-35)27-16-9-15-26(23-27)28-18-10-19-30-29(28)21-22-33-34(30)31-17-7-8-20-32(31)41-33/h1-23H. The molecule has 0 saturated heterocycles. The van der Waals surface area contributed by atoms with Gasteiger partial charge in [0.05, 0.1) is 0 Å². The Hall–Kier alpha value is -5.19. The largest absolute Gasteiger partial charge is 0.208 e. The normalized spacial score (nSPS) is 11.4. The van der Waals surface area contributed by atoms with Crippen molar-refractivity contribution in [3.63, 3.8) is 0 Å². The lowest BCUT2D eigenvalue weighted by Crippen LogP contribution is -2.00. The average Bonchev–Trinajstić information content (AvgIpc) is 3.44. The van der Waals surface area contributed by atoms with E-state index in [4.69, 9.17) is 15.0 Å². The quantitative estimate of drug-likeness (QED) is 0.222. The fourth-order valence-electron chi connectivity index (χ4n) is 5.60. The maximum Gasteiger partial charge on any atom is 0.164 e. The second-order valence-corrected chi connectivity index (χ2v) is 11.1. The maximum absolute atomic E-state index is 4.94. The van der Waals surface area contributed by atoms with Gasteiger partial charge in [0.15, 0.2) is 17.5 Å². The molecule has 3 nitrogen and oxygen atoms in total. The van der Waals surface area contributed by atoms with Crippen molar-refractivity contribution < 1.29 is 0 Å². The first kappa shape index (κ1) is 23.7. The van der Waals surface area contributed by atoms with E-state index < -0.39 is 0 Å². The fraction of sp³-hybridized carbons (Fsp3) is 0. The summed E-state index contributed by atoms with van der Waals surface area (Å²) in [6.45, 7) is 0. The monoisotopic (exact) mass is 541 g/mol. The van der Waals surface area contributed by atoms with Crippen LogP contribution in [0.5, 0.6) is 0 Å². The zero-order chi connectivity index (χ0) is 27.2. The SMILES string of the molecule is c1ccc(-c2nc(-c3ccccc3)nc(-c3cccc(-c4cccc5c4ccc4sc6ccccc6c45)c3)n2)cc1. The molecule has 8 aromatic rings. The molecule has 0 spiro atoms. The van der Waals surface area contributed by atoms with Crippen LogP contribution in [0.4, 0.5) is 0 Å². The van der Waals surface area contributed by atoms with Crippen molar-refractivity contribution in [2.24, 2.45) is 0 Å². The lowest BCUT2D eigenvalue weighted by molar-refractivity contribution is 1.07. The van der Waals surface area contributed by atoms with Crippen molar-refractivity contribution in [3.05, 3.63) is 140 Å². The highest BCUT2D eigenvalue weighted by Gasteiger charge is 2.15. The minimum Gasteiger partial charge on any atom is -0.208 e. The summed E-state index contributed by atoms with van der Waals surface area (Å²) >= 11 is 1.85. The number of hydrogen-bond donors (Lipinski definition) is 0. The number of benzene rings is 6. The van der Waals surface area contributed by atoms with Crippen LogP contribution in [-0.2, 0) is 0 Å². The van der Waals surface area contributed by atoms with Gasteiger partial charge < -0.3 is 0 Å². The fourth-order valence-corrected chi connectivity index (χ4v) is 6.72. The van der Waals surface area contributed by atoms with Crippen LogP contribution in [0, 0.1) is 0 Å². The van der Waals surface area contributed by atoms with Gasteiger partial charge in [0.2, 0.25) is 0 Å². The van der Waals surface area contributed by atoms with Crippen molar-refractivity contribution in [1.29, 1.82) is 0 Å². The third kappa shape index (κ3) is 4.17. The van der Waals surface area contributed by atoms with E-state index in [1.54, 1.807) is 0 Å². The molecule has 0 N–H and O–H groups in total. The zero-order valence-electron chi connectivity index (χ0n) is 22.0. The second-order valence-electron chi connectivity index (χ2n) is 10.1. The van der Waals surface area contributed by atoms with E-state index in [1.807, 2.05) is 72.0 Å². The summed E-state index contributed by atoms with van der Waals surface area (Å²) < 4.78 is 2.64. The van der Waals surface area contributed by atoms with Crippen molar-refractivity contribution in [3.8, 4) is 45.3 Å². The summed E-state index contributed by atoms with van der Waals surface area (Å²) in [4.78, 5) is 14.7. The van der Waals surface area contributed by atoms with Gasteiger partial charge in [-0.1, -0.05) is 121 Å². The summed E-state index contributed by atoms with van der Waals surface area (Å²) in [5, 5.41) is 5.17. The van der Waals surface area contributed by atoms with Crippen LogP contribution >= 0.6 is 11.3 Å². The van der Waals surface area contributed by atoms with Crippen LogP contribution < -0.4 is 0 Å². The van der Waals surface area contributed by atoms with Crippen molar-refractivity contribution >= 4 is 42.3 Å². The molecule has 0 aliphatic carbocycles. The lowest BCUT2D eigenvalue weighted by atomic mass is 9.94. The Kier molecular flexibility index (Phi) is 5.64. The van der Waals surface area contributed by atoms with Crippen molar-refractivity contribution in [1.82, 2.24) is 15.0 Å². The van der Waals surface area contributed by atoms with Gasteiger partial charge in [-0.05, 0) is 40.1 Å². The van der Waals surface area contributed by atoms with E-state index in [9.17, 15) is 0 Å². The minimum absolute atomic E-state index is 0.658. The average molecular weight is 542 g/mol. The first-order valence-corrected chi connectivity index (χ1v) is 14.4. The van der Waals surface area contributed by atoms with E-state index in [-0.39, 0.29) is 0 Å². The zero-order valence-corrected chi connectivity index (χ0v) is 22.8. The number of thiophene rings is 1. The molecule has 0 radical (unpaired) electrons. The third-order valence-corrected chi connectivity index (χ3v) is 8.67. The molecule has 0 aliphatic heterocycles. The Morgan fingerprint density at radius 2 is 0.927 bits per heavy atom. The van der Waals surface area contributed by atoms with Gasteiger partial charge in [0.25, 0.3) is 0 Å².